The van der Waals surface area contributed by atoms with Gasteiger partial charge in [0.05, 0.1) is 18.0 Å². The summed E-state index contributed by atoms with van der Waals surface area (Å²) in [7, 11) is 0. The Kier molecular flexibility index (Phi) is 4.00. The Hall–Kier alpha value is -2.85. The maximum atomic E-state index is 11.6. The lowest BCUT2D eigenvalue weighted by Gasteiger charge is -2.16. The van der Waals surface area contributed by atoms with Crippen LogP contribution in [0.15, 0.2) is 71.7 Å². The summed E-state index contributed by atoms with van der Waals surface area (Å²) in [5, 5.41) is 19.7. The van der Waals surface area contributed by atoms with Crippen molar-refractivity contribution in [2.24, 2.45) is 0 Å². The van der Waals surface area contributed by atoms with E-state index in [4.69, 9.17) is 0 Å². The summed E-state index contributed by atoms with van der Waals surface area (Å²) in [5.74, 6) is -0.348. The zero-order chi connectivity index (χ0) is 16.4. The van der Waals surface area contributed by atoms with E-state index >= 15 is 0 Å². The first kappa shape index (κ1) is 15.1. The Morgan fingerprint density at radius 2 is 1.65 bits per heavy atom. The predicted octanol–water partition coefficient (Wildman–Crippen LogP) is 3.26. The molecule has 2 aromatic carbocycles. The van der Waals surface area contributed by atoms with Crippen LogP contribution in [0.1, 0.15) is 18.7 Å². The van der Waals surface area contributed by atoms with Gasteiger partial charge >= 0.3 is 0 Å². The first-order chi connectivity index (χ1) is 11.1. The average Bonchev–Trinajstić information content (AvgIpc) is 2.57. The normalized spacial score (nSPS) is 12.1. The molecule has 1 aromatic heterocycles. The molecule has 0 radical (unpaired) electrons. The Bertz CT molecular complexity index is 883. The Labute approximate surface area is 133 Å². The molecule has 0 saturated heterocycles. The van der Waals surface area contributed by atoms with Crippen LogP contribution < -0.4 is 5.43 Å². The molecule has 0 aliphatic carbocycles. The van der Waals surface area contributed by atoms with E-state index in [1.165, 1.54) is 12.3 Å². The third-order valence-electron chi connectivity index (χ3n) is 3.72. The summed E-state index contributed by atoms with van der Waals surface area (Å²) >= 11 is 0. The van der Waals surface area contributed by atoms with E-state index in [0.29, 0.717) is 5.69 Å². The largest absolute Gasteiger partial charge is 0.503 e. The third-order valence-corrected chi connectivity index (χ3v) is 3.72. The number of rotatable bonds is 3. The molecule has 0 unspecified atom stereocenters. The Morgan fingerprint density at radius 3 is 2.35 bits per heavy atom. The second-order valence-electron chi connectivity index (χ2n) is 5.41. The number of aliphatic hydroxyl groups excluding tert-OH is 1. The SMILES string of the molecule is C[C@@H](O)c1cc(=O)c(O)cn1-c1cccc(-c2ccccc2)c1. The van der Waals surface area contributed by atoms with Crippen molar-refractivity contribution in [1.29, 1.82) is 0 Å². The lowest BCUT2D eigenvalue weighted by atomic mass is 10.0. The summed E-state index contributed by atoms with van der Waals surface area (Å²) < 4.78 is 1.63. The third kappa shape index (κ3) is 3.03. The van der Waals surface area contributed by atoms with Crippen LogP contribution in [0.4, 0.5) is 0 Å². The van der Waals surface area contributed by atoms with E-state index in [9.17, 15) is 15.0 Å². The van der Waals surface area contributed by atoms with Crippen LogP contribution >= 0.6 is 0 Å². The van der Waals surface area contributed by atoms with Crippen molar-refractivity contribution in [3.63, 3.8) is 0 Å². The topological polar surface area (TPSA) is 62.5 Å². The van der Waals surface area contributed by atoms with Crippen LogP contribution in [0, 0.1) is 0 Å². The molecular formula is C19H17NO3. The minimum Gasteiger partial charge on any atom is -0.503 e. The molecule has 0 saturated carbocycles. The number of aromatic nitrogens is 1. The fraction of sp³-hybridized carbons (Fsp3) is 0.105. The van der Waals surface area contributed by atoms with Gasteiger partial charge in [0.1, 0.15) is 0 Å². The molecule has 4 heteroatoms. The molecule has 2 N–H and O–H groups in total. The number of nitrogens with zero attached hydrogens (tertiary/aromatic N) is 1. The van der Waals surface area contributed by atoms with Crippen LogP contribution in [-0.2, 0) is 0 Å². The van der Waals surface area contributed by atoms with Gasteiger partial charge in [-0.1, -0.05) is 42.5 Å². The number of aliphatic hydroxyl groups is 1. The maximum absolute atomic E-state index is 11.6. The minimum atomic E-state index is -0.830. The van der Waals surface area contributed by atoms with Gasteiger partial charge in [0.2, 0.25) is 5.43 Å². The quantitative estimate of drug-likeness (QED) is 0.780. The van der Waals surface area contributed by atoms with Crippen LogP contribution in [-0.4, -0.2) is 14.8 Å². The van der Waals surface area contributed by atoms with Gasteiger partial charge in [-0.05, 0) is 30.2 Å². The van der Waals surface area contributed by atoms with E-state index in [0.717, 1.165) is 16.8 Å². The van der Waals surface area contributed by atoms with Gasteiger partial charge in [-0.3, -0.25) is 4.79 Å². The van der Waals surface area contributed by atoms with E-state index in [-0.39, 0.29) is 5.75 Å². The number of aromatic hydroxyl groups is 1. The molecule has 23 heavy (non-hydrogen) atoms. The van der Waals surface area contributed by atoms with E-state index in [2.05, 4.69) is 0 Å². The Balaban J connectivity index is 2.17. The fourth-order valence-electron chi connectivity index (χ4n) is 2.55. The Morgan fingerprint density at radius 1 is 0.957 bits per heavy atom. The van der Waals surface area contributed by atoms with Gasteiger partial charge in [0, 0.05) is 11.8 Å². The van der Waals surface area contributed by atoms with Gasteiger partial charge < -0.3 is 14.8 Å². The molecule has 1 atom stereocenters. The predicted molar refractivity (Wildman–Crippen MR) is 89.8 cm³/mol. The first-order valence-electron chi connectivity index (χ1n) is 7.36. The molecule has 116 valence electrons. The lowest BCUT2D eigenvalue weighted by molar-refractivity contribution is 0.191. The summed E-state index contributed by atoms with van der Waals surface area (Å²) in [6.07, 6.45) is 0.512. The molecule has 1 heterocycles. The first-order valence-corrected chi connectivity index (χ1v) is 7.36. The molecule has 4 nitrogen and oxygen atoms in total. The standard InChI is InChI=1S/C19H17NO3/c1-13(21)17-11-18(22)19(23)12-20(17)16-9-5-8-15(10-16)14-6-3-2-4-7-14/h2-13,21,23H,1H3/t13-/m1/s1. The second-order valence-corrected chi connectivity index (χ2v) is 5.41. The summed E-state index contributed by atoms with van der Waals surface area (Å²) in [4.78, 5) is 11.6. The molecule has 0 spiro atoms. The molecular weight excluding hydrogens is 290 g/mol. The summed E-state index contributed by atoms with van der Waals surface area (Å²) in [6.45, 7) is 1.59. The van der Waals surface area contributed by atoms with Crippen molar-refractivity contribution in [2.45, 2.75) is 13.0 Å². The number of benzene rings is 2. The van der Waals surface area contributed by atoms with Gasteiger partial charge in [0.15, 0.2) is 5.75 Å². The van der Waals surface area contributed by atoms with Crippen LogP contribution in [0.2, 0.25) is 0 Å². The van der Waals surface area contributed by atoms with Crippen molar-refractivity contribution >= 4 is 0 Å². The molecule has 3 rings (SSSR count). The van der Waals surface area contributed by atoms with Crippen molar-refractivity contribution in [3.8, 4) is 22.6 Å². The highest BCUT2D eigenvalue weighted by molar-refractivity contribution is 5.66. The van der Waals surface area contributed by atoms with Crippen molar-refractivity contribution in [3.05, 3.63) is 82.8 Å². The van der Waals surface area contributed by atoms with Crippen molar-refractivity contribution in [1.82, 2.24) is 4.57 Å². The summed E-state index contributed by atoms with van der Waals surface area (Å²) in [6, 6.07) is 18.9. The lowest BCUT2D eigenvalue weighted by Crippen LogP contribution is -2.13. The van der Waals surface area contributed by atoms with Crippen molar-refractivity contribution in [2.75, 3.05) is 0 Å². The highest BCUT2D eigenvalue weighted by Crippen LogP contribution is 2.24. The highest BCUT2D eigenvalue weighted by Gasteiger charge is 2.12. The number of hydrogen-bond acceptors (Lipinski definition) is 3. The van der Waals surface area contributed by atoms with Crippen molar-refractivity contribution < 1.29 is 10.2 Å². The molecule has 0 amide bonds. The van der Waals surface area contributed by atoms with E-state index in [1.807, 2.05) is 54.6 Å². The highest BCUT2D eigenvalue weighted by atomic mass is 16.3. The summed E-state index contributed by atoms with van der Waals surface area (Å²) in [5.41, 5.74) is 2.77. The molecule has 3 aromatic rings. The molecule has 0 bridgehead atoms. The zero-order valence-electron chi connectivity index (χ0n) is 12.7. The number of hydrogen-bond donors (Lipinski definition) is 2. The molecule has 0 aliphatic rings. The average molecular weight is 307 g/mol. The van der Waals surface area contributed by atoms with Gasteiger partial charge in [0.25, 0.3) is 0 Å². The molecule has 0 aliphatic heterocycles. The minimum absolute atomic E-state index is 0.348. The maximum Gasteiger partial charge on any atom is 0.223 e. The second kappa shape index (κ2) is 6.10. The van der Waals surface area contributed by atoms with Gasteiger partial charge in [-0.2, -0.15) is 0 Å². The molecule has 0 fully saturated rings. The van der Waals surface area contributed by atoms with E-state index < -0.39 is 11.5 Å². The van der Waals surface area contributed by atoms with Crippen LogP contribution in [0.25, 0.3) is 16.8 Å². The fourth-order valence-corrected chi connectivity index (χ4v) is 2.55. The van der Waals surface area contributed by atoms with Gasteiger partial charge in [-0.25, -0.2) is 0 Å². The zero-order valence-corrected chi connectivity index (χ0v) is 12.7. The van der Waals surface area contributed by atoms with Crippen LogP contribution in [0.3, 0.4) is 0 Å². The smallest absolute Gasteiger partial charge is 0.223 e. The monoisotopic (exact) mass is 307 g/mol. The van der Waals surface area contributed by atoms with Gasteiger partial charge in [-0.15, -0.1) is 0 Å². The van der Waals surface area contributed by atoms with Crippen LogP contribution in [0.5, 0.6) is 5.75 Å². The number of pyridine rings is 1. The van der Waals surface area contributed by atoms with E-state index in [1.54, 1.807) is 11.5 Å².